The average Bonchev–Trinajstić information content (AvgIpc) is 3.04. The van der Waals surface area contributed by atoms with Gasteiger partial charge in [-0.05, 0) is 25.0 Å². The number of rotatable bonds is 8. The molecule has 2 aromatic rings. The molecule has 2 rings (SSSR count). The maximum absolute atomic E-state index is 6.15. The normalized spacial score (nSPS) is 11.2. The van der Waals surface area contributed by atoms with Crippen LogP contribution in [0.4, 0.5) is 0 Å². The molecule has 110 valence electrons. The number of halogens is 1. The summed E-state index contributed by atoms with van der Waals surface area (Å²) >= 11 is 8.02. The Morgan fingerprint density at radius 1 is 1.25 bits per heavy atom. The van der Waals surface area contributed by atoms with Gasteiger partial charge in [0.1, 0.15) is 5.82 Å². The zero-order chi connectivity index (χ0) is 14.4. The summed E-state index contributed by atoms with van der Waals surface area (Å²) in [5.41, 5.74) is 0.991. The Hall–Kier alpha value is -0.840. The Morgan fingerprint density at radius 2 is 2.05 bits per heavy atom. The standard InChI is InChI=1S/C15H22ClN3S/c1-3-5-6-14-18-13(15(16)19-14)10-17-9-12-8-7-11(4-2)20-12/h7-8,17H,3-6,9-10H2,1-2H3,(H,18,19). The van der Waals surface area contributed by atoms with Crippen LogP contribution in [0, 0.1) is 0 Å². The van der Waals surface area contributed by atoms with E-state index < -0.39 is 0 Å². The summed E-state index contributed by atoms with van der Waals surface area (Å²) in [5.74, 6) is 0.998. The lowest BCUT2D eigenvalue weighted by Gasteiger charge is -2.01. The molecule has 0 aliphatic heterocycles. The van der Waals surface area contributed by atoms with E-state index in [1.807, 2.05) is 11.3 Å². The maximum atomic E-state index is 6.15. The smallest absolute Gasteiger partial charge is 0.151 e. The van der Waals surface area contributed by atoms with Crippen LogP contribution in [0.3, 0.4) is 0 Å². The number of nitrogens with one attached hydrogen (secondary N) is 2. The van der Waals surface area contributed by atoms with E-state index in [9.17, 15) is 0 Å². The van der Waals surface area contributed by atoms with Gasteiger partial charge in [0.25, 0.3) is 0 Å². The van der Waals surface area contributed by atoms with Crippen LogP contribution in [-0.4, -0.2) is 9.97 Å². The van der Waals surface area contributed by atoms with Crippen LogP contribution >= 0.6 is 22.9 Å². The van der Waals surface area contributed by atoms with Gasteiger partial charge in [-0.15, -0.1) is 11.3 Å². The van der Waals surface area contributed by atoms with E-state index in [-0.39, 0.29) is 0 Å². The summed E-state index contributed by atoms with van der Waals surface area (Å²) in [4.78, 5) is 10.5. The Morgan fingerprint density at radius 3 is 2.75 bits per heavy atom. The highest BCUT2D eigenvalue weighted by molar-refractivity contribution is 7.11. The fourth-order valence-corrected chi connectivity index (χ4v) is 3.18. The number of aromatic amines is 1. The third-order valence-electron chi connectivity index (χ3n) is 3.21. The van der Waals surface area contributed by atoms with Crippen LogP contribution in [0.5, 0.6) is 0 Å². The summed E-state index contributed by atoms with van der Waals surface area (Å²) in [7, 11) is 0. The molecule has 0 atom stereocenters. The fraction of sp³-hybridized carbons (Fsp3) is 0.533. The molecular formula is C15H22ClN3S. The molecule has 0 spiro atoms. The van der Waals surface area contributed by atoms with Crippen molar-refractivity contribution < 1.29 is 0 Å². The van der Waals surface area contributed by atoms with Gasteiger partial charge in [-0.1, -0.05) is 31.9 Å². The summed E-state index contributed by atoms with van der Waals surface area (Å²) in [6, 6.07) is 4.39. The van der Waals surface area contributed by atoms with Crippen LogP contribution in [0.1, 0.15) is 48.0 Å². The van der Waals surface area contributed by atoms with Crippen molar-refractivity contribution in [3.8, 4) is 0 Å². The third-order valence-corrected chi connectivity index (χ3v) is 4.75. The number of nitrogens with zero attached hydrogens (tertiary/aromatic N) is 1. The van der Waals surface area contributed by atoms with E-state index in [2.05, 4.69) is 41.3 Å². The predicted octanol–water partition coefficient (Wildman–Crippen LogP) is 4.32. The van der Waals surface area contributed by atoms with Gasteiger partial charge in [0.15, 0.2) is 5.15 Å². The highest BCUT2D eigenvalue weighted by Crippen LogP contribution is 2.17. The number of H-pyrrole nitrogens is 1. The SMILES string of the molecule is CCCCc1nc(Cl)c(CNCc2ccc(CC)s2)[nH]1. The van der Waals surface area contributed by atoms with Crippen LogP contribution in [0.2, 0.25) is 5.15 Å². The minimum absolute atomic E-state index is 0.601. The summed E-state index contributed by atoms with van der Waals surface area (Å²) in [6.45, 7) is 5.98. The van der Waals surface area contributed by atoms with Crippen molar-refractivity contribution in [1.29, 1.82) is 0 Å². The van der Waals surface area contributed by atoms with Crippen molar-refractivity contribution in [2.24, 2.45) is 0 Å². The first-order chi connectivity index (χ1) is 9.72. The lowest BCUT2D eigenvalue weighted by atomic mass is 10.2. The highest BCUT2D eigenvalue weighted by atomic mass is 35.5. The first-order valence-electron chi connectivity index (χ1n) is 7.24. The number of hydrogen-bond acceptors (Lipinski definition) is 3. The molecule has 0 saturated carbocycles. The van der Waals surface area contributed by atoms with Gasteiger partial charge in [0.05, 0.1) is 5.69 Å². The van der Waals surface area contributed by atoms with Crippen molar-refractivity contribution in [2.75, 3.05) is 0 Å². The second-order valence-corrected chi connectivity index (χ2v) is 6.49. The van der Waals surface area contributed by atoms with Crippen molar-refractivity contribution in [3.05, 3.63) is 38.6 Å². The van der Waals surface area contributed by atoms with Gasteiger partial charge in [0, 0.05) is 29.3 Å². The Labute approximate surface area is 129 Å². The highest BCUT2D eigenvalue weighted by Gasteiger charge is 2.07. The molecule has 2 N–H and O–H groups in total. The fourth-order valence-electron chi connectivity index (χ4n) is 2.04. The largest absolute Gasteiger partial charge is 0.344 e. The van der Waals surface area contributed by atoms with E-state index in [1.54, 1.807) is 0 Å². The van der Waals surface area contributed by atoms with Crippen molar-refractivity contribution in [3.63, 3.8) is 0 Å². The minimum Gasteiger partial charge on any atom is -0.344 e. The van der Waals surface area contributed by atoms with E-state index in [0.717, 1.165) is 43.9 Å². The summed E-state index contributed by atoms with van der Waals surface area (Å²) in [5, 5.41) is 4.02. The monoisotopic (exact) mass is 311 g/mol. The van der Waals surface area contributed by atoms with Crippen molar-refractivity contribution in [1.82, 2.24) is 15.3 Å². The van der Waals surface area contributed by atoms with E-state index in [0.29, 0.717) is 5.15 Å². The summed E-state index contributed by atoms with van der Waals surface area (Å²) < 4.78 is 0. The molecule has 0 saturated heterocycles. The van der Waals surface area contributed by atoms with Crippen molar-refractivity contribution >= 4 is 22.9 Å². The first kappa shape index (κ1) is 15.5. The topological polar surface area (TPSA) is 40.7 Å². The lowest BCUT2D eigenvalue weighted by molar-refractivity contribution is 0.685. The molecule has 5 heteroatoms. The predicted molar refractivity (Wildman–Crippen MR) is 86.5 cm³/mol. The molecule has 0 aliphatic carbocycles. The van der Waals surface area contributed by atoms with E-state index in [1.165, 1.54) is 16.2 Å². The van der Waals surface area contributed by atoms with Crippen LogP contribution in [0.25, 0.3) is 0 Å². The molecule has 2 heterocycles. The molecule has 0 aliphatic rings. The van der Waals surface area contributed by atoms with Gasteiger partial charge in [-0.25, -0.2) is 4.98 Å². The van der Waals surface area contributed by atoms with Crippen LogP contribution < -0.4 is 5.32 Å². The first-order valence-corrected chi connectivity index (χ1v) is 8.44. The quantitative estimate of drug-likeness (QED) is 0.762. The lowest BCUT2D eigenvalue weighted by Crippen LogP contribution is -2.12. The number of aromatic nitrogens is 2. The zero-order valence-electron chi connectivity index (χ0n) is 12.1. The molecule has 3 nitrogen and oxygen atoms in total. The average molecular weight is 312 g/mol. The molecule has 0 bridgehead atoms. The van der Waals surface area contributed by atoms with Gasteiger partial charge >= 0.3 is 0 Å². The Balaban J connectivity index is 1.82. The van der Waals surface area contributed by atoms with Gasteiger partial charge in [-0.3, -0.25) is 0 Å². The second-order valence-electron chi connectivity index (χ2n) is 4.88. The van der Waals surface area contributed by atoms with Crippen molar-refractivity contribution in [2.45, 2.75) is 52.6 Å². The minimum atomic E-state index is 0.601. The zero-order valence-corrected chi connectivity index (χ0v) is 13.7. The molecule has 0 aromatic carbocycles. The van der Waals surface area contributed by atoms with Gasteiger partial charge in [0.2, 0.25) is 0 Å². The Bertz CT molecular complexity index is 533. The number of aryl methyl sites for hydroxylation is 2. The molecule has 0 unspecified atom stereocenters. The molecule has 20 heavy (non-hydrogen) atoms. The molecule has 0 radical (unpaired) electrons. The number of hydrogen-bond donors (Lipinski definition) is 2. The van der Waals surface area contributed by atoms with Gasteiger partial charge in [-0.2, -0.15) is 0 Å². The Kier molecular flexibility index (Phi) is 6.07. The number of unbranched alkanes of at least 4 members (excludes halogenated alkanes) is 1. The second kappa shape index (κ2) is 7.81. The molecule has 0 amide bonds. The maximum Gasteiger partial charge on any atom is 0.151 e. The molecule has 0 fully saturated rings. The number of imidazole rings is 1. The molecule has 2 aromatic heterocycles. The van der Waals surface area contributed by atoms with E-state index >= 15 is 0 Å². The van der Waals surface area contributed by atoms with Gasteiger partial charge < -0.3 is 10.3 Å². The number of thiophene rings is 1. The summed E-state index contributed by atoms with van der Waals surface area (Å²) in [6.07, 6.45) is 4.40. The molecular weight excluding hydrogens is 290 g/mol. The van der Waals surface area contributed by atoms with Crippen LogP contribution in [0.15, 0.2) is 12.1 Å². The van der Waals surface area contributed by atoms with E-state index in [4.69, 9.17) is 11.6 Å². The van der Waals surface area contributed by atoms with Crippen LogP contribution in [-0.2, 0) is 25.9 Å². The third kappa shape index (κ3) is 4.33.